The van der Waals surface area contributed by atoms with Crippen LogP contribution in [0, 0.1) is 0 Å². The lowest BCUT2D eigenvalue weighted by Gasteiger charge is -2.18. The molecule has 0 atom stereocenters. The number of aromatic nitrogens is 1. The van der Waals surface area contributed by atoms with Crippen molar-refractivity contribution in [3.05, 3.63) is 24.0 Å². The van der Waals surface area contributed by atoms with Crippen molar-refractivity contribution >= 4 is 22.9 Å². The van der Waals surface area contributed by atoms with Gasteiger partial charge in [0.05, 0.1) is 24.2 Å². The molecule has 1 heterocycles. The molecule has 0 aliphatic rings. The molecule has 0 amide bonds. The number of pyridine rings is 1. The molecule has 1 aromatic rings. The molecule has 4 nitrogen and oxygen atoms in total. The molecule has 0 radical (unpaired) electrons. The maximum atomic E-state index is 5.46. The molecular formula is C10H15N3OS. The highest BCUT2D eigenvalue weighted by atomic mass is 32.1. The molecule has 0 unspecified atom stereocenters. The van der Waals surface area contributed by atoms with Gasteiger partial charge in [-0.25, -0.2) is 0 Å². The first-order valence-corrected chi connectivity index (χ1v) is 5.02. The number of likely N-dealkylation sites (N-methyl/N-ethyl adjacent to an activating group) is 1. The molecule has 0 bridgehead atoms. The zero-order valence-corrected chi connectivity index (χ0v) is 9.75. The van der Waals surface area contributed by atoms with Gasteiger partial charge in [0.2, 0.25) is 0 Å². The van der Waals surface area contributed by atoms with Gasteiger partial charge >= 0.3 is 0 Å². The zero-order valence-electron chi connectivity index (χ0n) is 8.93. The van der Waals surface area contributed by atoms with Gasteiger partial charge in [0.1, 0.15) is 4.99 Å². The van der Waals surface area contributed by atoms with Gasteiger partial charge in [-0.05, 0) is 12.1 Å². The van der Waals surface area contributed by atoms with Gasteiger partial charge < -0.3 is 15.4 Å². The first-order valence-electron chi connectivity index (χ1n) is 4.61. The summed E-state index contributed by atoms with van der Waals surface area (Å²) in [6.07, 6.45) is 1.75. The fraction of sp³-hybridized carbons (Fsp3) is 0.400. The van der Waals surface area contributed by atoms with Crippen LogP contribution in [0.25, 0.3) is 0 Å². The van der Waals surface area contributed by atoms with Gasteiger partial charge in [-0.15, -0.1) is 0 Å². The predicted octanol–water partition coefficient (Wildman–Crippen LogP) is 0.798. The lowest BCUT2D eigenvalue weighted by molar-refractivity contribution is 0.206. The van der Waals surface area contributed by atoms with E-state index in [0.717, 1.165) is 12.2 Å². The summed E-state index contributed by atoms with van der Waals surface area (Å²) >= 11 is 4.82. The molecule has 0 saturated carbocycles. The fourth-order valence-corrected chi connectivity index (χ4v) is 1.24. The molecule has 15 heavy (non-hydrogen) atoms. The number of thiocarbonyl (C=S) groups is 1. The summed E-state index contributed by atoms with van der Waals surface area (Å²) in [5, 5.41) is 0. The Morgan fingerprint density at radius 1 is 1.60 bits per heavy atom. The number of ether oxygens (including phenoxy) is 1. The minimum Gasteiger partial charge on any atom is -0.388 e. The Labute approximate surface area is 95.0 Å². The summed E-state index contributed by atoms with van der Waals surface area (Å²) in [7, 11) is 3.67. The second-order valence-electron chi connectivity index (χ2n) is 3.18. The molecule has 0 aromatic carbocycles. The number of nitrogens with two attached hydrogens (primary N) is 1. The summed E-state index contributed by atoms with van der Waals surface area (Å²) in [6.45, 7) is 1.51. The van der Waals surface area contributed by atoms with Crippen LogP contribution in [0.3, 0.4) is 0 Å². The van der Waals surface area contributed by atoms with E-state index in [4.69, 9.17) is 22.7 Å². The molecule has 1 rings (SSSR count). The molecule has 82 valence electrons. The Kier molecular flexibility index (Phi) is 4.45. The lowest BCUT2D eigenvalue weighted by atomic mass is 10.3. The van der Waals surface area contributed by atoms with Gasteiger partial charge in [-0.1, -0.05) is 12.2 Å². The molecule has 5 heteroatoms. The summed E-state index contributed by atoms with van der Waals surface area (Å²) < 4.78 is 4.99. The zero-order chi connectivity index (χ0) is 11.3. The van der Waals surface area contributed by atoms with Crippen LogP contribution >= 0.6 is 12.2 Å². The average molecular weight is 225 g/mol. The highest BCUT2D eigenvalue weighted by molar-refractivity contribution is 7.80. The van der Waals surface area contributed by atoms with Crippen LogP contribution < -0.4 is 10.6 Å². The molecule has 0 aliphatic carbocycles. The van der Waals surface area contributed by atoms with Crippen LogP contribution in [0.2, 0.25) is 0 Å². The van der Waals surface area contributed by atoms with Crippen molar-refractivity contribution in [3.8, 4) is 0 Å². The van der Waals surface area contributed by atoms with Crippen molar-refractivity contribution in [2.24, 2.45) is 5.73 Å². The largest absolute Gasteiger partial charge is 0.388 e. The van der Waals surface area contributed by atoms with Crippen molar-refractivity contribution in [2.75, 3.05) is 32.2 Å². The minimum atomic E-state index is 0.320. The Balaban J connectivity index is 2.66. The van der Waals surface area contributed by atoms with Crippen LogP contribution in [0.15, 0.2) is 18.3 Å². The Morgan fingerprint density at radius 3 is 2.80 bits per heavy atom. The Hall–Kier alpha value is -1.20. The van der Waals surface area contributed by atoms with E-state index in [2.05, 4.69) is 9.88 Å². The molecular weight excluding hydrogens is 210 g/mol. The number of anilines is 1. The molecule has 0 spiro atoms. The summed E-state index contributed by atoms with van der Waals surface area (Å²) in [4.78, 5) is 6.53. The van der Waals surface area contributed by atoms with E-state index >= 15 is 0 Å². The number of hydrogen-bond acceptors (Lipinski definition) is 4. The van der Waals surface area contributed by atoms with Gasteiger partial charge in [0.25, 0.3) is 0 Å². The van der Waals surface area contributed by atoms with Gasteiger partial charge in [0.15, 0.2) is 0 Å². The normalized spacial score (nSPS) is 10.0. The van der Waals surface area contributed by atoms with Crippen molar-refractivity contribution in [2.45, 2.75) is 0 Å². The second-order valence-corrected chi connectivity index (χ2v) is 3.62. The highest BCUT2D eigenvalue weighted by Gasteiger charge is 2.02. The van der Waals surface area contributed by atoms with Crippen LogP contribution in [0.4, 0.5) is 5.69 Å². The van der Waals surface area contributed by atoms with Crippen molar-refractivity contribution in [3.63, 3.8) is 0 Å². The smallest absolute Gasteiger partial charge is 0.122 e. The van der Waals surface area contributed by atoms with E-state index in [9.17, 15) is 0 Å². The van der Waals surface area contributed by atoms with Crippen LogP contribution in [-0.2, 0) is 4.74 Å². The molecule has 2 N–H and O–H groups in total. The minimum absolute atomic E-state index is 0.320. The average Bonchev–Trinajstić information content (AvgIpc) is 2.26. The highest BCUT2D eigenvalue weighted by Crippen LogP contribution is 2.10. The van der Waals surface area contributed by atoms with E-state index in [0.29, 0.717) is 17.3 Å². The van der Waals surface area contributed by atoms with Crippen molar-refractivity contribution in [1.82, 2.24) is 4.98 Å². The summed E-state index contributed by atoms with van der Waals surface area (Å²) in [5.41, 5.74) is 7.12. The van der Waals surface area contributed by atoms with Crippen molar-refractivity contribution < 1.29 is 4.74 Å². The molecule has 0 aliphatic heterocycles. The molecule has 1 aromatic heterocycles. The maximum absolute atomic E-state index is 5.46. The molecule has 0 saturated heterocycles. The quantitative estimate of drug-likeness (QED) is 0.751. The monoisotopic (exact) mass is 225 g/mol. The standard InChI is InChI=1S/C10H15N3OS/c1-13(5-6-14-2)8-3-4-9(10(11)15)12-7-8/h3-4,7H,5-6H2,1-2H3,(H2,11,15). The van der Waals surface area contributed by atoms with Crippen LogP contribution in [-0.4, -0.2) is 37.3 Å². The van der Waals surface area contributed by atoms with Crippen LogP contribution in [0.1, 0.15) is 5.69 Å². The second kappa shape index (κ2) is 5.63. The third kappa shape index (κ3) is 3.45. The van der Waals surface area contributed by atoms with E-state index in [-0.39, 0.29) is 0 Å². The third-order valence-electron chi connectivity index (χ3n) is 2.07. The number of hydrogen-bond donors (Lipinski definition) is 1. The molecule has 0 fully saturated rings. The first kappa shape index (κ1) is 11.9. The predicted molar refractivity (Wildman–Crippen MR) is 65.3 cm³/mol. The first-order chi connectivity index (χ1) is 7.15. The summed E-state index contributed by atoms with van der Waals surface area (Å²) in [5.74, 6) is 0. The van der Waals surface area contributed by atoms with E-state index < -0.39 is 0 Å². The third-order valence-corrected chi connectivity index (χ3v) is 2.28. The Morgan fingerprint density at radius 2 is 2.33 bits per heavy atom. The number of methoxy groups -OCH3 is 1. The van der Waals surface area contributed by atoms with E-state index in [1.54, 1.807) is 13.3 Å². The number of rotatable bonds is 5. The van der Waals surface area contributed by atoms with Crippen LogP contribution in [0.5, 0.6) is 0 Å². The maximum Gasteiger partial charge on any atom is 0.122 e. The SMILES string of the molecule is COCCN(C)c1ccc(C(N)=S)nc1. The van der Waals surface area contributed by atoms with Gasteiger partial charge in [-0.2, -0.15) is 0 Å². The lowest BCUT2D eigenvalue weighted by Crippen LogP contribution is -2.22. The van der Waals surface area contributed by atoms with Gasteiger partial charge in [-0.3, -0.25) is 4.98 Å². The van der Waals surface area contributed by atoms with E-state index in [1.165, 1.54) is 0 Å². The van der Waals surface area contributed by atoms with E-state index in [1.807, 2.05) is 19.2 Å². The summed E-state index contributed by atoms with van der Waals surface area (Å²) in [6, 6.07) is 3.76. The topological polar surface area (TPSA) is 51.4 Å². The van der Waals surface area contributed by atoms with Crippen molar-refractivity contribution in [1.29, 1.82) is 0 Å². The number of nitrogens with zero attached hydrogens (tertiary/aromatic N) is 2. The van der Waals surface area contributed by atoms with Gasteiger partial charge in [0, 0.05) is 20.7 Å². The Bertz CT molecular complexity index is 326. The fourth-order valence-electron chi connectivity index (χ4n) is 1.11.